The molecular formula is C23H29FN2O3S. The van der Waals surface area contributed by atoms with Crippen LogP contribution in [0.4, 0.5) is 4.39 Å². The quantitative estimate of drug-likeness (QED) is 0.754. The molecule has 0 spiro atoms. The Bertz CT molecular complexity index is 1010. The van der Waals surface area contributed by atoms with E-state index >= 15 is 0 Å². The number of nitrogens with one attached hydrogen (secondary N) is 1. The smallest absolute Gasteiger partial charge is 0.223 e. The van der Waals surface area contributed by atoms with Crippen LogP contribution in [0.2, 0.25) is 0 Å². The Morgan fingerprint density at radius 2 is 1.83 bits per heavy atom. The zero-order valence-electron chi connectivity index (χ0n) is 17.7. The molecule has 0 aromatic heterocycles. The predicted molar refractivity (Wildman–Crippen MR) is 116 cm³/mol. The summed E-state index contributed by atoms with van der Waals surface area (Å²) in [6.45, 7) is 6.55. The average molecular weight is 433 g/mol. The maximum Gasteiger partial charge on any atom is 0.223 e. The Balaban J connectivity index is 1.57. The van der Waals surface area contributed by atoms with Gasteiger partial charge in [0.25, 0.3) is 0 Å². The molecule has 1 heterocycles. The van der Waals surface area contributed by atoms with Crippen molar-refractivity contribution in [2.45, 2.75) is 45.4 Å². The van der Waals surface area contributed by atoms with Gasteiger partial charge in [-0.05, 0) is 50.8 Å². The highest BCUT2D eigenvalue weighted by atomic mass is 32.2. The average Bonchev–Trinajstić information content (AvgIpc) is 2.71. The van der Waals surface area contributed by atoms with E-state index in [1.807, 2.05) is 32.9 Å². The molecule has 2 aromatic rings. The van der Waals surface area contributed by atoms with Crippen molar-refractivity contribution in [3.63, 3.8) is 0 Å². The summed E-state index contributed by atoms with van der Waals surface area (Å²) in [4.78, 5) is 12.7. The summed E-state index contributed by atoms with van der Waals surface area (Å²) in [5, 5.41) is 3.08. The predicted octanol–water partition coefficient (Wildman–Crippen LogP) is 3.86. The minimum absolute atomic E-state index is 0.0467. The molecular weight excluding hydrogens is 403 g/mol. The number of nitrogens with zero attached hydrogens (tertiary/aromatic N) is 1. The summed E-state index contributed by atoms with van der Waals surface area (Å²) in [5.74, 6) is -1.15. The first-order valence-corrected chi connectivity index (χ1v) is 11.9. The highest BCUT2D eigenvalue weighted by Crippen LogP contribution is 2.24. The first-order chi connectivity index (χ1) is 14.2. The van der Waals surface area contributed by atoms with Gasteiger partial charge in [0.05, 0.1) is 11.8 Å². The first kappa shape index (κ1) is 22.4. The van der Waals surface area contributed by atoms with Crippen molar-refractivity contribution in [2.24, 2.45) is 5.92 Å². The molecule has 0 radical (unpaired) electrons. The lowest BCUT2D eigenvalue weighted by Crippen LogP contribution is -2.43. The number of carbonyl (C=O) groups excluding carboxylic acids is 1. The number of halogens is 1. The van der Waals surface area contributed by atoms with Crippen LogP contribution >= 0.6 is 0 Å². The monoisotopic (exact) mass is 432 g/mol. The lowest BCUT2D eigenvalue weighted by atomic mass is 9.95. The van der Waals surface area contributed by atoms with Crippen LogP contribution in [0.3, 0.4) is 0 Å². The van der Waals surface area contributed by atoms with E-state index in [9.17, 15) is 17.6 Å². The van der Waals surface area contributed by atoms with E-state index in [1.54, 1.807) is 6.07 Å². The second kappa shape index (κ2) is 9.27. The van der Waals surface area contributed by atoms with Crippen LogP contribution in [0.25, 0.3) is 0 Å². The van der Waals surface area contributed by atoms with Crippen molar-refractivity contribution in [3.05, 3.63) is 70.5 Å². The van der Waals surface area contributed by atoms with Crippen LogP contribution in [0.5, 0.6) is 0 Å². The molecule has 7 heteroatoms. The highest BCUT2D eigenvalue weighted by molar-refractivity contribution is 7.88. The van der Waals surface area contributed by atoms with E-state index in [4.69, 9.17) is 0 Å². The summed E-state index contributed by atoms with van der Waals surface area (Å²) < 4.78 is 40.6. The molecule has 1 atom stereocenters. The lowest BCUT2D eigenvalue weighted by molar-refractivity contribution is -0.126. The number of rotatable bonds is 6. The molecule has 1 N–H and O–H groups in total. The minimum Gasteiger partial charge on any atom is -0.349 e. The van der Waals surface area contributed by atoms with Crippen LogP contribution in [0.15, 0.2) is 42.5 Å². The van der Waals surface area contributed by atoms with Gasteiger partial charge < -0.3 is 5.32 Å². The molecule has 1 amide bonds. The van der Waals surface area contributed by atoms with Gasteiger partial charge in [0.2, 0.25) is 15.9 Å². The number of hydrogen-bond donors (Lipinski definition) is 1. The number of aryl methyl sites for hydroxylation is 2. The third kappa shape index (κ3) is 5.26. The van der Waals surface area contributed by atoms with Crippen molar-refractivity contribution in [2.75, 3.05) is 13.1 Å². The Labute approximate surface area is 178 Å². The molecule has 0 saturated carbocycles. The molecule has 2 aromatic carbocycles. The van der Waals surface area contributed by atoms with Crippen molar-refractivity contribution in [1.29, 1.82) is 0 Å². The molecule has 1 fully saturated rings. The first-order valence-electron chi connectivity index (χ1n) is 10.3. The maximum absolute atomic E-state index is 13.8. The number of amides is 1. The third-order valence-corrected chi connectivity index (χ3v) is 7.60. The van der Waals surface area contributed by atoms with Crippen LogP contribution in [-0.2, 0) is 20.6 Å². The van der Waals surface area contributed by atoms with Crippen LogP contribution in [-0.4, -0.2) is 31.7 Å². The van der Waals surface area contributed by atoms with Crippen LogP contribution in [0, 0.1) is 25.6 Å². The third-order valence-electron chi connectivity index (χ3n) is 5.77. The Morgan fingerprint density at radius 3 is 2.50 bits per heavy atom. The van der Waals surface area contributed by atoms with Gasteiger partial charge >= 0.3 is 0 Å². The molecule has 1 aliphatic rings. The van der Waals surface area contributed by atoms with E-state index in [2.05, 4.69) is 11.4 Å². The summed E-state index contributed by atoms with van der Waals surface area (Å²) in [6, 6.07) is 12.0. The molecule has 1 aliphatic heterocycles. The van der Waals surface area contributed by atoms with Gasteiger partial charge in [-0.2, -0.15) is 0 Å². The van der Waals surface area contributed by atoms with Gasteiger partial charge in [-0.3, -0.25) is 4.79 Å². The van der Waals surface area contributed by atoms with Crippen molar-refractivity contribution >= 4 is 15.9 Å². The van der Waals surface area contributed by atoms with Gasteiger partial charge in [-0.15, -0.1) is 0 Å². The summed E-state index contributed by atoms with van der Waals surface area (Å²) in [6.07, 6.45) is 0.920. The molecule has 5 nitrogen and oxygen atoms in total. The number of benzene rings is 2. The van der Waals surface area contributed by atoms with Gasteiger partial charge in [-0.1, -0.05) is 42.0 Å². The van der Waals surface area contributed by atoms with E-state index in [0.717, 1.165) is 16.7 Å². The largest absolute Gasteiger partial charge is 0.349 e. The Hall–Kier alpha value is -2.25. The summed E-state index contributed by atoms with van der Waals surface area (Å²) in [7, 11) is -3.62. The standard InChI is InChI=1S/C23H29FN2O3S/c1-16-8-9-17(2)21(14-16)18(3)25-23(27)19-10-12-26(13-11-19)30(28,29)15-20-6-4-5-7-22(20)24/h4-9,14,18-19H,10-13,15H2,1-3H3,(H,25,27). The Morgan fingerprint density at radius 1 is 1.17 bits per heavy atom. The van der Waals surface area contributed by atoms with E-state index in [0.29, 0.717) is 12.8 Å². The maximum atomic E-state index is 13.8. The van der Waals surface area contributed by atoms with Crippen molar-refractivity contribution < 1.29 is 17.6 Å². The van der Waals surface area contributed by atoms with Crippen molar-refractivity contribution in [3.8, 4) is 0 Å². The highest BCUT2D eigenvalue weighted by Gasteiger charge is 2.32. The van der Waals surface area contributed by atoms with Gasteiger partial charge in [-0.25, -0.2) is 17.1 Å². The number of piperidine rings is 1. The number of hydrogen-bond acceptors (Lipinski definition) is 3. The summed E-state index contributed by atoms with van der Waals surface area (Å²) in [5.41, 5.74) is 3.53. The Kier molecular flexibility index (Phi) is 6.93. The van der Waals surface area contributed by atoms with E-state index < -0.39 is 15.8 Å². The molecule has 0 bridgehead atoms. The van der Waals surface area contributed by atoms with Crippen LogP contribution in [0.1, 0.15) is 48.1 Å². The topological polar surface area (TPSA) is 66.5 Å². The fraction of sp³-hybridized carbons (Fsp3) is 0.435. The van der Waals surface area contributed by atoms with E-state index in [1.165, 1.54) is 22.5 Å². The number of carbonyl (C=O) groups is 1. The van der Waals surface area contributed by atoms with Crippen LogP contribution < -0.4 is 5.32 Å². The normalized spacial score (nSPS) is 16.9. The van der Waals surface area contributed by atoms with E-state index in [-0.39, 0.29) is 42.3 Å². The minimum atomic E-state index is -3.62. The zero-order valence-corrected chi connectivity index (χ0v) is 18.5. The second-order valence-corrected chi connectivity index (χ2v) is 10.1. The second-order valence-electron chi connectivity index (χ2n) is 8.11. The summed E-state index contributed by atoms with van der Waals surface area (Å²) >= 11 is 0. The molecule has 162 valence electrons. The van der Waals surface area contributed by atoms with Gasteiger partial charge in [0.15, 0.2) is 0 Å². The SMILES string of the molecule is Cc1ccc(C)c(C(C)NC(=O)C2CCN(S(=O)(=O)Cc3ccccc3F)CC2)c1. The van der Waals surface area contributed by atoms with Gasteiger partial charge in [0.1, 0.15) is 5.82 Å². The molecule has 3 rings (SSSR count). The van der Waals surface area contributed by atoms with Gasteiger partial charge in [0, 0.05) is 24.6 Å². The van der Waals surface area contributed by atoms with Crippen molar-refractivity contribution in [1.82, 2.24) is 9.62 Å². The fourth-order valence-electron chi connectivity index (χ4n) is 3.93. The molecule has 1 unspecified atom stereocenters. The fourth-order valence-corrected chi connectivity index (χ4v) is 5.51. The lowest BCUT2D eigenvalue weighted by Gasteiger charge is -2.31. The number of sulfonamides is 1. The molecule has 30 heavy (non-hydrogen) atoms. The zero-order chi connectivity index (χ0) is 21.9. The molecule has 1 saturated heterocycles. The molecule has 0 aliphatic carbocycles.